The van der Waals surface area contributed by atoms with Crippen LogP contribution in [0.15, 0.2) is 57.6 Å². The van der Waals surface area contributed by atoms with Crippen LogP contribution in [0.2, 0.25) is 5.02 Å². The molecule has 2 heterocycles. The molecule has 2 aromatic heterocycles. The van der Waals surface area contributed by atoms with Crippen molar-refractivity contribution in [1.82, 2.24) is 4.98 Å². The topological polar surface area (TPSA) is 73.6 Å². The Morgan fingerprint density at radius 2 is 2.27 bits per heavy atom. The maximum absolute atomic E-state index is 5.94. The summed E-state index contributed by atoms with van der Waals surface area (Å²) in [6.07, 6.45) is 1.52. The smallest absolute Gasteiger partial charge is 0.226 e. The third kappa shape index (κ3) is 3.47. The molecule has 0 radical (unpaired) electrons. The monoisotopic (exact) mass is 333 g/mol. The largest absolute Gasteiger partial charge is 0.444 e. The first-order valence-corrected chi connectivity index (χ1v) is 7.68. The number of oxime groups is 1. The molecule has 0 amide bonds. The van der Waals surface area contributed by atoms with Crippen LogP contribution >= 0.6 is 22.9 Å². The molecule has 1 aromatic carbocycles. The van der Waals surface area contributed by atoms with Crippen molar-refractivity contribution in [3.63, 3.8) is 0 Å². The predicted octanol–water partition coefficient (Wildman–Crippen LogP) is 3.89. The van der Waals surface area contributed by atoms with E-state index in [1.54, 1.807) is 12.1 Å². The number of hydrogen-bond donors (Lipinski definition) is 1. The van der Waals surface area contributed by atoms with Crippen molar-refractivity contribution in [2.24, 2.45) is 10.9 Å². The fraction of sp³-hybridized carbons (Fsp3) is 0.0667. The van der Waals surface area contributed by atoms with Crippen molar-refractivity contribution in [1.29, 1.82) is 0 Å². The average molecular weight is 334 g/mol. The minimum absolute atomic E-state index is 0.177. The number of oxazole rings is 1. The standard InChI is InChI=1S/C15H12ClN3O2S/c16-11-4-1-3-10(7-11)15-18-12(8-20-15)9-21-19-14(17)13-5-2-6-22-13/h1-8H,9H2,(H2,17,19). The number of nitrogens with zero attached hydrogens (tertiary/aromatic N) is 2. The zero-order chi connectivity index (χ0) is 15.4. The summed E-state index contributed by atoms with van der Waals surface area (Å²) in [4.78, 5) is 10.4. The van der Waals surface area contributed by atoms with Crippen LogP contribution in [0, 0.1) is 0 Å². The fourth-order valence-corrected chi connectivity index (χ4v) is 2.57. The van der Waals surface area contributed by atoms with E-state index in [4.69, 9.17) is 26.6 Å². The van der Waals surface area contributed by atoms with Gasteiger partial charge in [0.15, 0.2) is 12.4 Å². The summed E-state index contributed by atoms with van der Waals surface area (Å²) in [7, 11) is 0. The summed E-state index contributed by atoms with van der Waals surface area (Å²) < 4.78 is 5.41. The molecular formula is C15H12ClN3O2S. The lowest BCUT2D eigenvalue weighted by Gasteiger charge is -1.98. The first-order chi connectivity index (χ1) is 10.7. The number of hydrogen-bond acceptors (Lipinski definition) is 5. The van der Waals surface area contributed by atoms with E-state index in [0.29, 0.717) is 22.4 Å². The molecule has 0 bridgehead atoms. The van der Waals surface area contributed by atoms with Gasteiger partial charge < -0.3 is 15.0 Å². The van der Waals surface area contributed by atoms with Gasteiger partial charge in [-0.1, -0.05) is 28.9 Å². The van der Waals surface area contributed by atoms with Gasteiger partial charge in [0.1, 0.15) is 12.0 Å². The van der Waals surface area contributed by atoms with Crippen LogP contribution in [-0.2, 0) is 11.4 Å². The summed E-state index contributed by atoms with van der Waals surface area (Å²) in [6.45, 7) is 0.177. The van der Waals surface area contributed by atoms with Crippen molar-refractivity contribution in [3.8, 4) is 11.5 Å². The van der Waals surface area contributed by atoms with Gasteiger partial charge in [0, 0.05) is 10.6 Å². The van der Waals surface area contributed by atoms with E-state index in [9.17, 15) is 0 Å². The van der Waals surface area contributed by atoms with Crippen molar-refractivity contribution >= 4 is 28.8 Å². The lowest BCUT2D eigenvalue weighted by Crippen LogP contribution is -2.11. The third-order valence-electron chi connectivity index (χ3n) is 2.77. The van der Waals surface area contributed by atoms with Crippen LogP contribution in [0.25, 0.3) is 11.5 Å². The van der Waals surface area contributed by atoms with Crippen molar-refractivity contribution in [3.05, 3.63) is 63.6 Å². The molecule has 0 unspecified atom stereocenters. The molecule has 3 rings (SSSR count). The molecule has 0 aliphatic heterocycles. The molecule has 22 heavy (non-hydrogen) atoms. The van der Waals surface area contributed by atoms with Gasteiger partial charge in [0.25, 0.3) is 0 Å². The highest BCUT2D eigenvalue weighted by Gasteiger charge is 2.08. The molecule has 0 atom stereocenters. The highest BCUT2D eigenvalue weighted by molar-refractivity contribution is 7.12. The van der Waals surface area contributed by atoms with Gasteiger partial charge in [-0.15, -0.1) is 11.3 Å². The van der Waals surface area contributed by atoms with Gasteiger partial charge in [-0.2, -0.15) is 0 Å². The molecule has 5 nitrogen and oxygen atoms in total. The molecule has 0 saturated carbocycles. The summed E-state index contributed by atoms with van der Waals surface area (Å²) in [5, 5.41) is 6.41. The Kier molecular flexibility index (Phi) is 4.41. The SMILES string of the molecule is N/C(=N/OCc1coc(-c2cccc(Cl)c2)n1)c1cccs1. The molecule has 2 N–H and O–H groups in total. The van der Waals surface area contributed by atoms with E-state index in [-0.39, 0.29) is 6.61 Å². The Bertz CT molecular complexity index is 784. The Morgan fingerprint density at radius 3 is 3.05 bits per heavy atom. The highest BCUT2D eigenvalue weighted by atomic mass is 35.5. The predicted molar refractivity (Wildman–Crippen MR) is 86.8 cm³/mol. The second-order valence-electron chi connectivity index (χ2n) is 4.38. The Hall–Kier alpha value is -2.31. The molecule has 0 aliphatic carbocycles. The van der Waals surface area contributed by atoms with Crippen molar-refractivity contribution in [2.75, 3.05) is 0 Å². The first kappa shape index (κ1) is 14.6. The van der Waals surface area contributed by atoms with Gasteiger partial charge in [-0.05, 0) is 29.6 Å². The normalized spacial score (nSPS) is 11.6. The number of halogens is 1. The Morgan fingerprint density at radius 1 is 1.36 bits per heavy atom. The summed E-state index contributed by atoms with van der Waals surface area (Å²) >= 11 is 7.44. The van der Waals surface area contributed by atoms with Crippen molar-refractivity contribution < 1.29 is 9.25 Å². The lowest BCUT2D eigenvalue weighted by molar-refractivity contribution is 0.127. The van der Waals surface area contributed by atoms with E-state index in [2.05, 4.69) is 10.1 Å². The summed E-state index contributed by atoms with van der Waals surface area (Å²) in [5.74, 6) is 0.824. The zero-order valence-electron chi connectivity index (χ0n) is 11.4. The zero-order valence-corrected chi connectivity index (χ0v) is 13.0. The highest BCUT2D eigenvalue weighted by Crippen LogP contribution is 2.22. The molecule has 112 valence electrons. The van der Waals surface area contributed by atoms with Gasteiger partial charge in [0.2, 0.25) is 5.89 Å². The minimum Gasteiger partial charge on any atom is -0.444 e. The van der Waals surface area contributed by atoms with Crippen LogP contribution in [0.4, 0.5) is 0 Å². The minimum atomic E-state index is 0.177. The van der Waals surface area contributed by atoms with E-state index in [0.717, 1.165) is 10.4 Å². The molecule has 3 aromatic rings. The van der Waals surface area contributed by atoms with E-state index < -0.39 is 0 Å². The van der Waals surface area contributed by atoms with E-state index in [1.165, 1.54) is 17.6 Å². The summed E-state index contributed by atoms with van der Waals surface area (Å²) in [6, 6.07) is 11.1. The maximum Gasteiger partial charge on any atom is 0.226 e. The van der Waals surface area contributed by atoms with Gasteiger partial charge >= 0.3 is 0 Å². The maximum atomic E-state index is 5.94. The second kappa shape index (κ2) is 6.64. The molecule has 0 saturated heterocycles. The molecule has 7 heteroatoms. The fourth-order valence-electron chi connectivity index (χ4n) is 1.76. The molecule has 0 aliphatic rings. The number of benzene rings is 1. The number of amidine groups is 1. The second-order valence-corrected chi connectivity index (χ2v) is 5.77. The first-order valence-electron chi connectivity index (χ1n) is 6.42. The molecular weight excluding hydrogens is 322 g/mol. The molecule has 0 spiro atoms. The van der Waals surface area contributed by atoms with Crippen molar-refractivity contribution in [2.45, 2.75) is 6.61 Å². The van der Waals surface area contributed by atoms with Gasteiger partial charge in [0.05, 0.1) is 4.88 Å². The van der Waals surface area contributed by atoms with E-state index in [1.807, 2.05) is 29.6 Å². The van der Waals surface area contributed by atoms with Gasteiger partial charge in [-0.3, -0.25) is 0 Å². The van der Waals surface area contributed by atoms with Crippen LogP contribution in [0.1, 0.15) is 10.6 Å². The molecule has 0 fully saturated rings. The van der Waals surface area contributed by atoms with Crippen LogP contribution in [0.3, 0.4) is 0 Å². The third-order valence-corrected chi connectivity index (χ3v) is 3.90. The Labute approximate surface area is 136 Å². The number of thiophene rings is 1. The summed E-state index contributed by atoms with van der Waals surface area (Å²) in [5.41, 5.74) is 7.22. The number of aromatic nitrogens is 1. The van der Waals surface area contributed by atoms with Crippen LogP contribution in [-0.4, -0.2) is 10.8 Å². The van der Waals surface area contributed by atoms with E-state index >= 15 is 0 Å². The quantitative estimate of drug-likeness (QED) is 0.436. The van der Waals surface area contributed by atoms with Crippen LogP contribution in [0.5, 0.6) is 0 Å². The van der Waals surface area contributed by atoms with Gasteiger partial charge in [-0.25, -0.2) is 4.98 Å². The number of nitrogens with two attached hydrogens (primary N) is 1. The van der Waals surface area contributed by atoms with Crippen LogP contribution < -0.4 is 5.73 Å². The lowest BCUT2D eigenvalue weighted by atomic mass is 10.2. The average Bonchev–Trinajstić information content (AvgIpc) is 3.19. The Balaban J connectivity index is 1.64. The number of rotatable bonds is 5.